The molecule has 1 heterocycles. The third kappa shape index (κ3) is 3.58. The summed E-state index contributed by atoms with van der Waals surface area (Å²) in [6.07, 6.45) is 1.10. The Morgan fingerprint density at radius 3 is 2.40 bits per heavy atom. The summed E-state index contributed by atoms with van der Waals surface area (Å²) in [6, 6.07) is 6.70. The average Bonchev–Trinajstić information content (AvgIpc) is 2.46. The summed E-state index contributed by atoms with van der Waals surface area (Å²) in [7, 11) is -3.28. The molecule has 1 N–H and O–H groups in total. The minimum atomic E-state index is -3.28. The van der Waals surface area contributed by atoms with E-state index in [1.165, 1.54) is 6.92 Å². The predicted octanol–water partition coefficient (Wildman–Crippen LogP) is 1.28. The normalized spacial score (nSPS) is 16.9. The maximum atomic E-state index is 12.4. The van der Waals surface area contributed by atoms with Crippen molar-refractivity contribution in [2.45, 2.75) is 36.5 Å². The van der Waals surface area contributed by atoms with Gasteiger partial charge in [-0.2, -0.15) is 0 Å². The number of nitrogens with one attached hydrogen (secondary N) is 1. The van der Waals surface area contributed by atoms with Crippen LogP contribution in [0.3, 0.4) is 0 Å². The molecule has 1 saturated heterocycles. The van der Waals surface area contributed by atoms with E-state index in [0.717, 1.165) is 5.56 Å². The van der Waals surface area contributed by atoms with Crippen LogP contribution < -0.4 is 5.32 Å². The highest BCUT2D eigenvalue weighted by Gasteiger charge is 2.29. The van der Waals surface area contributed by atoms with Crippen LogP contribution >= 0.6 is 0 Å². The van der Waals surface area contributed by atoms with Gasteiger partial charge >= 0.3 is 0 Å². The van der Waals surface area contributed by atoms with Crippen LogP contribution in [-0.4, -0.2) is 32.8 Å². The number of carbonyl (C=O) groups is 1. The van der Waals surface area contributed by atoms with Crippen LogP contribution in [0.4, 0.5) is 0 Å². The van der Waals surface area contributed by atoms with E-state index in [1.54, 1.807) is 24.3 Å². The number of sulfone groups is 1. The van der Waals surface area contributed by atoms with Gasteiger partial charge < -0.3 is 10.1 Å². The Morgan fingerprint density at radius 2 is 1.85 bits per heavy atom. The van der Waals surface area contributed by atoms with E-state index in [-0.39, 0.29) is 11.2 Å². The van der Waals surface area contributed by atoms with E-state index in [4.69, 9.17) is 4.74 Å². The summed E-state index contributed by atoms with van der Waals surface area (Å²) >= 11 is 0. The highest BCUT2D eigenvalue weighted by Crippen LogP contribution is 2.23. The zero-order chi connectivity index (χ0) is 14.6. The molecule has 0 spiro atoms. The lowest BCUT2D eigenvalue weighted by atomic mass is 10.2. The molecule has 0 aliphatic carbocycles. The largest absolute Gasteiger partial charge is 0.381 e. The van der Waals surface area contributed by atoms with Crippen molar-refractivity contribution in [3.8, 4) is 0 Å². The Hall–Kier alpha value is -1.40. The van der Waals surface area contributed by atoms with Crippen molar-refractivity contribution in [1.29, 1.82) is 0 Å². The third-order valence-corrected chi connectivity index (χ3v) is 5.68. The minimum absolute atomic E-state index is 0.107. The smallest absolute Gasteiger partial charge is 0.217 e. The highest BCUT2D eigenvalue weighted by atomic mass is 32.2. The van der Waals surface area contributed by atoms with Gasteiger partial charge in [-0.1, -0.05) is 12.1 Å². The molecule has 0 saturated carbocycles. The van der Waals surface area contributed by atoms with Crippen LogP contribution in [0.1, 0.15) is 25.3 Å². The van der Waals surface area contributed by atoms with Crippen molar-refractivity contribution >= 4 is 15.7 Å². The molecule has 0 aromatic heterocycles. The summed E-state index contributed by atoms with van der Waals surface area (Å²) < 4.78 is 30.1. The van der Waals surface area contributed by atoms with Gasteiger partial charge in [-0.15, -0.1) is 0 Å². The van der Waals surface area contributed by atoms with Crippen molar-refractivity contribution in [2.75, 3.05) is 13.2 Å². The molecule has 1 aromatic rings. The van der Waals surface area contributed by atoms with Crippen molar-refractivity contribution in [3.63, 3.8) is 0 Å². The summed E-state index contributed by atoms with van der Waals surface area (Å²) in [4.78, 5) is 11.2. The summed E-state index contributed by atoms with van der Waals surface area (Å²) in [5.41, 5.74) is 0.881. The van der Waals surface area contributed by atoms with Gasteiger partial charge in [0.1, 0.15) is 0 Å². The molecule has 1 aliphatic heterocycles. The first-order chi connectivity index (χ1) is 9.50. The maximum Gasteiger partial charge on any atom is 0.217 e. The van der Waals surface area contributed by atoms with Crippen LogP contribution in [0.25, 0.3) is 0 Å². The van der Waals surface area contributed by atoms with Crippen molar-refractivity contribution in [2.24, 2.45) is 0 Å². The fourth-order valence-corrected chi connectivity index (χ4v) is 3.92. The highest BCUT2D eigenvalue weighted by molar-refractivity contribution is 7.92. The summed E-state index contributed by atoms with van der Waals surface area (Å²) in [5.74, 6) is -0.107. The Labute approximate surface area is 119 Å². The van der Waals surface area contributed by atoms with Gasteiger partial charge in [-0.05, 0) is 30.5 Å². The number of rotatable bonds is 4. The van der Waals surface area contributed by atoms with E-state index < -0.39 is 9.84 Å². The van der Waals surface area contributed by atoms with Gasteiger partial charge in [0.2, 0.25) is 5.91 Å². The number of ether oxygens (including phenoxy) is 1. The Kier molecular flexibility index (Phi) is 4.77. The second-order valence-electron chi connectivity index (χ2n) is 4.91. The lowest BCUT2D eigenvalue weighted by Gasteiger charge is -2.22. The molecule has 0 radical (unpaired) electrons. The summed E-state index contributed by atoms with van der Waals surface area (Å²) in [6.45, 7) is 2.87. The molecular weight excluding hydrogens is 278 g/mol. The lowest BCUT2D eigenvalue weighted by Crippen LogP contribution is -2.29. The van der Waals surface area contributed by atoms with Gasteiger partial charge in [0.15, 0.2) is 9.84 Å². The lowest BCUT2D eigenvalue weighted by molar-refractivity contribution is -0.119. The second-order valence-corrected chi connectivity index (χ2v) is 7.14. The van der Waals surface area contributed by atoms with E-state index in [2.05, 4.69) is 5.32 Å². The number of benzene rings is 1. The van der Waals surface area contributed by atoms with E-state index >= 15 is 0 Å². The van der Waals surface area contributed by atoms with Crippen LogP contribution in [0.2, 0.25) is 0 Å². The first kappa shape index (κ1) is 15.0. The number of hydrogen-bond acceptors (Lipinski definition) is 4. The molecule has 1 aliphatic rings. The standard InChI is InChI=1S/C14H19NO4S/c1-11(16)15-10-12-2-4-13(5-3-12)20(17,18)14-6-8-19-9-7-14/h2-5,14H,6-10H2,1H3,(H,15,16). The Morgan fingerprint density at radius 1 is 1.25 bits per heavy atom. The minimum Gasteiger partial charge on any atom is -0.381 e. The first-order valence-electron chi connectivity index (χ1n) is 6.65. The van der Waals surface area contributed by atoms with Crippen LogP contribution in [0, 0.1) is 0 Å². The van der Waals surface area contributed by atoms with Crippen LogP contribution in [-0.2, 0) is 25.9 Å². The maximum absolute atomic E-state index is 12.4. The van der Waals surface area contributed by atoms with Gasteiger partial charge in [0, 0.05) is 26.7 Å². The molecule has 0 bridgehead atoms. The SMILES string of the molecule is CC(=O)NCc1ccc(S(=O)(=O)C2CCOCC2)cc1. The van der Waals surface area contributed by atoms with E-state index in [9.17, 15) is 13.2 Å². The second kappa shape index (κ2) is 6.37. The molecule has 0 unspecified atom stereocenters. The fraction of sp³-hybridized carbons (Fsp3) is 0.500. The molecule has 110 valence electrons. The monoisotopic (exact) mass is 297 g/mol. The van der Waals surface area contributed by atoms with Crippen LogP contribution in [0.5, 0.6) is 0 Å². The Balaban J connectivity index is 2.10. The van der Waals surface area contributed by atoms with Crippen molar-refractivity contribution < 1.29 is 17.9 Å². The third-order valence-electron chi connectivity index (χ3n) is 3.40. The van der Waals surface area contributed by atoms with Gasteiger partial charge in [0.05, 0.1) is 10.1 Å². The molecule has 1 fully saturated rings. The molecule has 1 amide bonds. The molecule has 0 atom stereocenters. The zero-order valence-corrected chi connectivity index (χ0v) is 12.3. The van der Waals surface area contributed by atoms with Crippen LogP contribution in [0.15, 0.2) is 29.2 Å². The molecule has 6 heteroatoms. The van der Waals surface area contributed by atoms with Gasteiger partial charge in [0.25, 0.3) is 0 Å². The molecule has 20 heavy (non-hydrogen) atoms. The number of hydrogen-bond donors (Lipinski definition) is 1. The topological polar surface area (TPSA) is 72.5 Å². The molecule has 1 aromatic carbocycles. The number of carbonyl (C=O) groups excluding carboxylic acids is 1. The predicted molar refractivity (Wildman–Crippen MR) is 75.0 cm³/mol. The quantitative estimate of drug-likeness (QED) is 0.908. The molecule has 2 rings (SSSR count). The molecular formula is C14H19NO4S. The van der Waals surface area contributed by atoms with E-state index in [0.29, 0.717) is 37.5 Å². The fourth-order valence-electron chi connectivity index (χ4n) is 2.20. The first-order valence-corrected chi connectivity index (χ1v) is 8.20. The number of amides is 1. The van der Waals surface area contributed by atoms with E-state index in [1.807, 2.05) is 0 Å². The van der Waals surface area contributed by atoms with Gasteiger partial charge in [-0.3, -0.25) is 4.79 Å². The average molecular weight is 297 g/mol. The van der Waals surface area contributed by atoms with Crippen molar-refractivity contribution in [1.82, 2.24) is 5.32 Å². The Bertz CT molecular complexity index is 559. The van der Waals surface area contributed by atoms with Gasteiger partial charge in [-0.25, -0.2) is 8.42 Å². The summed E-state index contributed by atoms with van der Waals surface area (Å²) in [5, 5.41) is 2.33. The zero-order valence-electron chi connectivity index (χ0n) is 11.5. The molecule has 5 nitrogen and oxygen atoms in total. The van der Waals surface area contributed by atoms with Crippen molar-refractivity contribution in [3.05, 3.63) is 29.8 Å².